The molecule has 0 spiro atoms. The molecular formula is C17H19N5O2. The van der Waals surface area contributed by atoms with Gasteiger partial charge in [0, 0.05) is 13.1 Å². The lowest BCUT2D eigenvalue weighted by Gasteiger charge is -2.03. The van der Waals surface area contributed by atoms with Crippen molar-refractivity contribution < 1.29 is 9.32 Å². The first kappa shape index (κ1) is 15.9. The first-order valence-electron chi connectivity index (χ1n) is 7.83. The van der Waals surface area contributed by atoms with Gasteiger partial charge in [0.2, 0.25) is 5.91 Å². The van der Waals surface area contributed by atoms with Gasteiger partial charge in [0.05, 0.1) is 12.1 Å². The van der Waals surface area contributed by atoms with Crippen LogP contribution in [0, 0.1) is 6.92 Å². The lowest BCUT2D eigenvalue weighted by atomic mass is 10.2. The van der Waals surface area contributed by atoms with Crippen LogP contribution >= 0.6 is 0 Å². The van der Waals surface area contributed by atoms with Crippen LogP contribution in [0.15, 0.2) is 40.9 Å². The first-order chi connectivity index (χ1) is 11.7. The Morgan fingerprint density at radius 3 is 2.83 bits per heavy atom. The third-order valence-corrected chi connectivity index (χ3v) is 3.54. The normalized spacial score (nSPS) is 10.8. The minimum Gasteiger partial charge on any atom is -0.352 e. The molecule has 0 unspecified atom stereocenters. The molecule has 0 atom stereocenters. The number of hydrogen-bond acceptors (Lipinski definition) is 5. The third-order valence-electron chi connectivity index (χ3n) is 3.54. The van der Waals surface area contributed by atoms with E-state index in [0.717, 1.165) is 17.0 Å². The highest BCUT2D eigenvalue weighted by molar-refractivity contribution is 5.77. The molecule has 0 aliphatic heterocycles. The fraction of sp³-hybridized carbons (Fsp3) is 0.294. The molecule has 0 aliphatic carbocycles. The minimum atomic E-state index is -0.147. The zero-order chi connectivity index (χ0) is 16.9. The van der Waals surface area contributed by atoms with Crippen LogP contribution in [0.4, 0.5) is 0 Å². The molecule has 3 aromatic rings. The Morgan fingerprint density at radius 2 is 2.08 bits per heavy atom. The highest BCUT2D eigenvalue weighted by atomic mass is 16.5. The van der Waals surface area contributed by atoms with Crippen LogP contribution in [0.3, 0.4) is 0 Å². The van der Waals surface area contributed by atoms with Crippen LogP contribution in [0.1, 0.15) is 24.0 Å². The Kier molecular flexibility index (Phi) is 4.69. The van der Waals surface area contributed by atoms with Crippen LogP contribution in [0.25, 0.3) is 11.6 Å². The van der Waals surface area contributed by atoms with Crippen molar-refractivity contribution in [3.63, 3.8) is 0 Å². The number of carbonyl (C=O) groups excluding carboxylic acids is 1. The number of carbonyl (C=O) groups is 1. The van der Waals surface area contributed by atoms with Gasteiger partial charge in [-0.2, -0.15) is 10.1 Å². The summed E-state index contributed by atoms with van der Waals surface area (Å²) < 4.78 is 7.06. The lowest BCUT2D eigenvalue weighted by molar-refractivity contribution is -0.120. The Hall–Kier alpha value is -2.96. The van der Waals surface area contributed by atoms with Crippen molar-refractivity contribution in [2.75, 3.05) is 0 Å². The molecule has 2 heterocycles. The second-order valence-corrected chi connectivity index (χ2v) is 5.44. The van der Waals surface area contributed by atoms with E-state index >= 15 is 0 Å². The standard InChI is InChI=1S/C17H19N5O2/c1-3-22-14(9-12(2)20-22)17-19-15(21-24-17)10-16(23)18-11-13-7-5-4-6-8-13/h4-9H,3,10-11H2,1-2H3,(H,18,23). The molecule has 2 aromatic heterocycles. The first-order valence-corrected chi connectivity index (χ1v) is 7.83. The molecule has 0 fully saturated rings. The van der Waals surface area contributed by atoms with Gasteiger partial charge in [0.15, 0.2) is 5.82 Å². The number of amides is 1. The van der Waals surface area contributed by atoms with E-state index in [1.54, 1.807) is 4.68 Å². The number of aryl methyl sites for hydroxylation is 2. The van der Waals surface area contributed by atoms with E-state index in [0.29, 0.717) is 24.8 Å². The van der Waals surface area contributed by atoms with E-state index in [1.807, 2.05) is 50.2 Å². The molecule has 124 valence electrons. The minimum absolute atomic E-state index is 0.0789. The van der Waals surface area contributed by atoms with E-state index in [2.05, 4.69) is 20.6 Å². The van der Waals surface area contributed by atoms with Gasteiger partial charge in [-0.15, -0.1) is 0 Å². The van der Waals surface area contributed by atoms with Gasteiger partial charge in [-0.1, -0.05) is 35.5 Å². The quantitative estimate of drug-likeness (QED) is 0.750. The molecule has 7 nitrogen and oxygen atoms in total. The lowest BCUT2D eigenvalue weighted by Crippen LogP contribution is -2.24. The van der Waals surface area contributed by atoms with Crippen molar-refractivity contribution in [3.05, 3.63) is 53.5 Å². The Labute approximate surface area is 139 Å². The summed E-state index contributed by atoms with van der Waals surface area (Å²) in [7, 11) is 0. The summed E-state index contributed by atoms with van der Waals surface area (Å²) in [6.45, 7) is 5.08. The molecule has 1 aromatic carbocycles. The topological polar surface area (TPSA) is 85.8 Å². The summed E-state index contributed by atoms with van der Waals surface area (Å²) in [6.07, 6.45) is 0.0789. The SMILES string of the molecule is CCn1nc(C)cc1-c1nc(CC(=O)NCc2ccccc2)no1. The number of rotatable bonds is 6. The monoisotopic (exact) mass is 325 g/mol. The summed E-state index contributed by atoms with van der Waals surface area (Å²) in [6, 6.07) is 11.6. The number of nitrogens with one attached hydrogen (secondary N) is 1. The fourth-order valence-corrected chi connectivity index (χ4v) is 2.39. The van der Waals surface area contributed by atoms with Crippen LogP contribution in [0.2, 0.25) is 0 Å². The average molecular weight is 325 g/mol. The summed E-state index contributed by atoms with van der Waals surface area (Å²) in [4.78, 5) is 16.3. The molecule has 7 heteroatoms. The summed E-state index contributed by atoms with van der Waals surface area (Å²) >= 11 is 0. The van der Waals surface area contributed by atoms with Crippen LogP contribution in [0.5, 0.6) is 0 Å². The highest BCUT2D eigenvalue weighted by Gasteiger charge is 2.16. The second kappa shape index (κ2) is 7.08. The molecular weight excluding hydrogens is 306 g/mol. The Morgan fingerprint density at radius 1 is 1.29 bits per heavy atom. The molecule has 24 heavy (non-hydrogen) atoms. The third kappa shape index (κ3) is 3.68. The number of benzene rings is 1. The van der Waals surface area contributed by atoms with Crippen LogP contribution < -0.4 is 5.32 Å². The zero-order valence-electron chi connectivity index (χ0n) is 13.7. The smallest absolute Gasteiger partial charge is 0.276 e. The summed E-state index contributed by atoms with van der Waals surface area (Å²) in [5, 5.41) is 11.1. The van der Waals surface area contributed by atoms with Gasteiger partial charge in [0.1, 0.15) is 5.69 Å². The number of hydrogen-bond donors (Lipinski definition) is 1. The van der Waals surface area contributed by atoms with E-state index in [-0.39, 0.29) is 12.3 Å². The van der Waals surface area contributed by atoms with Crippen molar-refractivity contribution >= 4 is 5.91 Å². The maximum atomic E-state index is 12.0. The largest absolute Gasteiger partial charge is 0.352 e. The van der Waals surface area contributed by atoms with Crippen LogP contribution in [-0.4, -0.2) is 25.8 Å². The molecule has 3 rings (SSSR count). The van der Waals surface area contributed by atoms with E-state index in [1.165, 1.54) is 0 Å². The summed E-state index contributed by atoms with van der Waals surface area (Å²) in [5.41, 5.74) is 2.69. The fourth-order valence-electron chi connectivity index (χ4n) is 2.39. The van der Waals surface area contributed by atoms with Crippen molar-refractivity contribution in [3.8, 4) is 11.6 Å². The molecule has 1 N–H and O–H groups in total. The van der Waals surface area contributed by atoms with Gasteiger partial charge in [-0.25, -0.2) is 0 Å². The maximum Gasteiger partial charge on any atom is 0.276 e. The van der Waals surface area contributed by atoms with Crippen molar-refractivity contribution in [1.82, 2.24) is 25.2 Å². The van der Waals surface area contributed by atoms with Crippen molar-refractivity contribution in [2.24, 2.45) is 0 Å². The van der Waals surface area contributed by atoms with E-state index in [4.69, 9.17) is 4.52 Å². The second-order valence-electron chi connectivity index (χ2n) is 5.44. The van der Waals surface area contributed by atoms with Gasteiger partial charge in [0.25, 0.3) is 5.89 Å². The Balaban J connectivity index is 1.62. The Bertz CT molecular complexity index is 823. The number of aromatic nitrogens is 4. The van der Waals surface area contributed by atoms with Crippen molar-refractivity contribution in [1.29, 1.82) is 0 Å². The molecule has 0 saturated carbocycles. The predicted molar refractivity (Wildman–Crippen MR) is 87.9 cm³/mol. The molecule has 0 saturated heterocycles. The highest BCUT2D eigenvalue weighted by Crippen LogP contribution is 2.18. The van der Waals surface area contributed by atoms with Gasteiger partial charge >= 0.3 is 0 Å². The molecule has 0 aliphatic rings. The van der Waals surface area contributed by atoms with E-state index in [9.17, 15) is 4.79 Å². The van der Waals surface area contributed by atoms with E-state index < -0.39 is 0 Å². The van der Waals surface area contributed by atoms with Crippen molar-refractivity contribution in [2.45, 2.75) is 33.4 Å². The maximum absolute atomic E-state index is 12.0. The number of nitrogens with zero attached hydrogens (tertiary/aromatic N) is 4. The van der Waals surface area contributed by atoms with Gasteiger partial charge < -0.3 is 9.84 Å². The molecule has 1 amide bonds. The molecule has 0 bridgehead atoms. The average Bonchev–Trinajstić information content (AvgIpc) is 3.20. The van der Waals surface area contributed by atoms with Crippen LogP contribution in [-0.2, 0) is 24.3 Å². The van der Waals surface area contributed by atoms with Gasteiger partial charge in [-0.3, -0.25) is 9.48 Å². The van der Waals surface area contributed by atoms with Gasteiger partial charge in [-0.05, 0) is 25.5 Å². The summed E-state index contributed by atoms with van der Waals surface area (Å²) in [5.74, 6) is 0.590. The zero-order valence-corrected chi connectivity index (χ0v) is 13.7. The predicted octanol–water partition coefficient (Wildman–Crippen LogP) is 2.12. The molecule has 0 radical (unpaired) electrons.